The fraction of sp³-hybridized carbons (Fsp3) is 0.429. The topological polar surface area (TPSA) is 37.4 Å². The standard InChI is InChI=1S/C14H15BrClNO2/c1-3-14(4-2)8-11(18)17(13(14)19)10-7-5-6-9(16)12(10)15/h5-7H,3-4,8H2,1-2H3. The summed E-state index contributed by atoms with van der Waals surface area (Å²) in [6.45, 7) is 3.90. The zero-order valence-corrected chi connectivity index (χ0v) is 13.2. The third-order valence-corrected chi connectivity index (χ3v) is 5.30. The summed E-state index contributed by atoms with van der Waals surface area (Å²) in [5.74, 6) is -0.276. The Kier molecular flexibility index (Phi) is 4.02. The highest BCUT2D eigenvalue weighted by molar-refractivity contribution is 9.10. The number of nitrogens with zero attached hydrogens (tertiary/aromatic N) is 1. The first-order valence-corrected chi connectivity index (χ1v) is 7.45. The molecule has 1 aromatic rings. The van der Waals surface area contributed by atoms with Crippen LogP contribution in [0.2, 0.25) is 5.02 Å². The van der Waals surface area contributed by atoms with Crippen molar-refractivity contribution in [1.29, 1.82) is 0 Å². The van der Waals surface area contributed by atoms with Crippen molar-refractivity contribution in [2.45, 2.75) is 33.1 Å². The van der Waals surface area contributed by atoms with E-state index in [1.165, 1.54) is 4.90 Å². The van der Waals surface area contributed by atoms with Gasteiger partial charge >= 0.3 is 0 Å². The minimum atomic E-state index is -0.557. The zero-order valence-electron chi connectivity index (χ0n) is 10.9. The van der Waals surface area contributed by atoms with Crippen LogP contribution in [0.15, 0.2) is 22.7 Å². The number of halogens is 2. The summed E-state index contributed by atoms with van der Waals surface area (Å²) in [6.07, 6.45) is 1.61. The van der Waals surface area contributed by atoms with Gasteiger partial charge in [-0.15, -0.1) is 0 Å². The molecule has 0 spiro atoms. The van der Waals surface area contributed by atoms with Gasteiger partial charge in [0.2, 0.25) is 11.8 Å². The van der Waals surface area contributed by atoms with Crippen LogP contribution in [-0.4, -0.2) is 11.8 Å². The number of rotatable bonds is 3. The van der Waals surface area contributed by atoms with E-state index in [1.54, 1.807) is 18.2 Å². The van der Waals surface area contributed by atoms with Crippen LogP contribution in [0.25, 0.3) is 0 Å². The first kappa shape index (κ1) is 14.5. The van der Waals surface area contributed by atoms with Crippen LogP contribution in [0.5, 0.6) is 0 Å². The highest BCUT2D eigenvalue weighted by Crippen LogP contribution is 2.44. The lowest BCUT2D eigenvalue weighted by Crippen LogP contribution is -2.35. The SMILES string of the molecule is CCC1(CC)CC(=O)N(c2cccc(Cl)c2Br)C1=O. The van der Waals surface area contributed by atoms with Crippen molar-refractivity contribution < 1.29 is 9.59 Å². The maximum absolute atomic E-state index is 12.6. The normalized spacial score (nSPS) is 18.2. The molecule has 0 aliphatic carbocycles. The van der Waals surface area contributed by atoms with Gasteiger partial charge in [0.25, 0.3) is 0 Å². The lowest BCUT2D eigenvalue weighted by atomic mass is 9.81. The fourth-order valence-electron chi connectivity index (χ4n) is 2.51. The molecule has 1 aromatic carbocycles. The van der Waals surface area contributed by atoms with Crippen LogP contribution in [0.3, 0.4) is 0 Å². The number of hydrogen-bond donors (Lipinski definition) is 0. The molecule has 19 heavy (non-hydrogen) atoms. The third kappa shape index (κ3) is 2.21. The second kappa shape index (κ2) is 5.25. The number of imide groups is 1. The van der Waals surface area contributed by atoms with Gasteiger partial charge in [-0.3, -0.25) is 9.59 Å². The Balaban J connectivity index is 2.49. The van der Waals surface area contributed by atoms with Crippen LogP contribution in [0.1, 0.15) is 33.1 Å². The van der Waals surface area contributed by atoms with E-state index in [0.29, 0.717) is 28.0 Å². The van der Waals surface area contributed by atoms with Gasteiger partial charge < -0.3 is 0 Å². The van der Waals surface area contributed by atoms with E-state index in [9.17, 15) is 9.59 Å². The van der Waals surface area contributed by atoms with E-state index < -0.39 is 5.41 Å². The summed E-state index contributed by atoms with van der Waals surface area (Å²) < 4.78 is 0.585. The summed E-state index contributed by atoms with van der Waals surface area (Å²) in [5.41, 5.74) is -0.0231. The van der Waals surface area contributed by atoms with Gasteiger partial charge in [-0.25, -0.2) is 4.90 Å². The molecule has 1 aliphatic rings. The molecule has 3 nitrogen and oxygen atoms in total. The molecule has 0 radical (unpaired) electrons. The molecule has 1 aliphatic heterocycles. The molecule has 0 saturated carbocycles. The van der Waals surface area contributed by atoms with E-state index in [4.69, 9.17) is 11.6 Å². The van der Waals surface area contributed by atoms with Gasteiger partial charge in [-0.2, -0.15) is 0 Å². The molecule has 1 fully saturated rings. The molecular weight excluding hydrogens is 330 g/mol. The number of amides is 2. The lowest BCUT2D eigenvalue weighted by Gasteiger charge is -2.24. The summed E-state index contributed by atoms with van der Waals surface area (Å²) in [7, 11) is 0. The average molecular weight is 345 g/mol. The molecule has 102 valence electrons. The molecule has 1 heterocycles. The fourth-order valence-corrected chi connectivity index (χ4v) is 3.12. The number of anilines is 1. The van der Waals surface area contributed by atoms with Crippen LogP contribution in [0.4, 0.5) is 5.69 Å². The summed E-state index contributed by atoms with van der Waals surface area (Å²) >= 11 is 9.38. The van der Waals surface area contributed by atoms with Crippen molar-refractivity contribution in [3.63, 3.8) is 0 Å². The van der Waals surface area contributed by atoms with Crippen molar-refractivity contribution in [3.8, 4) is 0 Å². The van der Waals surface area contributed by atoms with Crippen LogP contribution < -0.4 is 4.90 Å². The molecule has 0 unspecified atom stereocenters. The van der Waals surface area contributed by atoms with E-state index in [2.05, 4.69) is 15.9 Å². The van der Waals surface area contributed by atoms with Gasteiger partial charge in [0, 0.05) is 6.42 Å². The predicted octanol–water partition coefficient (Wildman–Crippen LogP) is 4.17. The Morgan fingerprint density at radius 1 is 1.32 bits per heavy atom. The van der Waals surface area contributed by atoms with E-state index in [-0.39, 0.29) is 18.2 Å². The molecule has 0 atom stereocenters. The average Bonchev–Trinajstić information content (AvgIpc) is 2.65. The Hall–Kier alpha value is -0.870. The largest absolute Gasteiger partial charge is 0.274 e. The van der Waals surface area contributed by atoms with Crippen molar-refractivity contribution in [2.24, 2.45) is 5.41 Å². The second-order valence-corrected chi connectivity index (χ2v) is 5.97. The Morgan fingerprint density at radius 3 is 2.47 bits per heavy atom. The lowest BCUT2D eigenvalue weighted by molar-refractivity contribution is -0.126. The van der Waals surface area contributed by atoms with Gasteiger partial charge in [0.15, 0.2) is 0 Å². The first-order valence-electron chi connectivity index (χ1n) is 6.28. The van der Waals surface area contributed by atoms with Crippen LogP contribution in [-0.2, 0) is 9.59 Å². The molecule has 0 N–H and O–H groups in total. The van der Waals surface area contributed by atoms with Crippen molar-refractivity contribution in [1.82, 2.24) is 0 Å². The van der Waals surface area contributed by atoms with Crippen molar-refractivity contribution in [3.05, 3.63) is 27.7 Å². The first-order chi connectivity index (χ1) is 8.96. The molecule has 2 rings (SSSR count). The highest BCUT2D eigenvalue weighted by Gasteiger charge is 2.50. The quantitative estimate of drug-likeness (QED) is 0.772. The number of benzene rings is 1. The van der Waals surface area contributed by atoms with Gasteiger partial charge in [0.1, 0.15) is 0 Å². The molecule has 0 bridgehead atoms. The smallest absolute Gasteiger partial charge is 0.240 e. The maximum atomic E-state index is 12.6. The zero-order chi connectivity index (χ0) is 14.2. The summed E-state index contributed by atoms with van der Waals surface area (Å²) in [5, 5.41) is 0.489. The number of carbonyl (C=O) groups excluding carboxylic acids is 2. The van der Waals surface area contributed by atoms with Crippen LogP contribution in [0, 0.1) is 5.41 Å². The van der Waals surface area contributed by atoms with E-state index in [1.807, 2.05) is 13.8 Å². The maximum Gasteiger partial charge on any atom is 0.240 e. The Bertz CT molecular complexity index is 540. The monoisotopic (exact) mass is 343 g/mol. The molecular formula is C14H15BrClNO2. The van der Waals surface area contributed by atoms with Gasteiger partial charge in [-0.05, 0) is 40.9 Å². The van der Waals surface area contributed by atoms with Crippen molar-refractivity contribution in [2.75, 3.05) is 4.90 Å². The molecule has 2 amide bonds. The van der Waals surface area contributed by atoms with Crippen LogP contribution >= 0.6 is 27.5 Å². The summed E-state index contributed by atoms with van der Waals surface area (Å²) in [6, 6.07) is 5.18. The van der Waals surface area contributed by atoms with Gasteiger partial charge in [0.05, 0.1) is 20.6 Å². The Morgan fingerprint density at radius 2 is 1.95 bits per heavy atom. The van der Waals surface area contributed by atoms with E-state index >= 15 is 0 Å². The third-order valence-electron chi connectivity index (χ3n) is 3.92. The highest BCUT2D eigenvalue weighted by atomic mass is 79.9. The second-order valence-electron chi connectivity index (χ2n) is 4.77. The molecule has 0 aromatic heterocycles. The number of hydrogen-bond acceptors (Lipinski definition) is 2. The predicted molar refractivity (Wildman–Crippen MR) is 79.3 cm³/mol. The van der Waals surface area contributed by atoms with E-state index in [0.717, 1.165) is 0 Å². The summed E-state index contributed by atoms with van der Waals surface area (Å²) in [4.78, 5) is 26.1. The minimum absolute atomic E-state index is 0.120. The number of carbonyl (C=O) groups is 2. The van der Waals surface area contributed by atoms with Gasteiger partial charge in [-0.1, -0.05) is 31.5 Å². The molecule has 1 saturated heterocycles. The van der Waals surface area contributed by atoms with Crippen molar-refractivity contribution >= 4 is 45.0 Å². The Labute approximate surface area is 126 Å². The minimum Gasteiger partial charge on any atom is -0.274 e. The molecule has 5 heteroatoms.